The number of carbonyl (C=O) groups excluding carboxylic acids is 2. The average molecular weight is 731 g/mol. The zero-order valence-corrected chi connectivity index (χ0v) is 27.2. The Hall–Kier alpha value is -4.60. The van der Waals surface area contributed by atoms with Crippen LogP contribution in [0.1, 0.15) is 54.0 Å². The monoisotopic (exact) mass is 730 g/mol. The van der Waals surface area contributed by atoms with E-state index in [-0.39, 0.29) is 56.6 Å². The second kappa shape index (κ2) is 14.6. The van der Waals surface area contributed by atoms with E-state index in [0.29, 0.717) is 41.9 Å². The van der Waals surface area contributed by atoms with Gasteiger partial charge in [0, 0.05) is 6.54 Å². The minimum atomic E-state index is -5.73. The molecule has 8 nitrogen and oxygen atoms in total. The number of hydrogen-bond donors (Lipinski definition) is 2. The topological polar surface area (TPSA) is 97.3 Å². The second-order valence-electron chi connectivity index (χ2n) is 12.1. The number of imide groups is 1. The molecule has 3 aromatic carbocycles. The van der Waals surface area contributed by atoms with Gasteiger partial charge in [0.15, 0.2) is 11.5 Å². The normalized spacial score (nSPS) is 18.9. The van der Waals surface area contributed by atoms with Crippen molar-refractivity contribution in [3.63, 3.8) is 0 Å². The van der Waals surface area contributed by atoms with Gasteiger partial charge in [0.1, 0.15) is 24.5 Å². The number of carbonyl (C=O) groups is 2. The number of alkyl halides is 8. The van der Waals surface area contributed by atoms with Crippen molar-refractivity contribution in [3.05, 3.63) is 88.5 Å². The Labute approximate surface area is 287 Å². The van der Waals surface area contributed by atoms with Crippen LogP contribution in [0, 0.1) is 0 Å². The third-order valence-corrected chi connectivity index (χ3v) is 8.99. The van der Waals surface area contributed by atoms with E-state index in [1.165, 1.54) is 12.1 Å². The number of ether oxygens (including phenoxy) is 3. The molecule has 1 saturated heterocycles. The Morgan fingerprint density at radius 2 is 1.55 bits per heavy atom. The van der Waals surface area contributed by atoms with Gasteiger partial charge in [0.25, 0.3) is 12.3 Å². The standard InChI is InChI=1S/C35H34F8N2O6/c1-2-32(24-11-14-27-28(20-24)51-18-17-50-27)30(46)45(31(47)44-32)15-3-4-16-49-26-13-12-25(33(48,29(36)37)35(41,42)43)19-22(26)8-5-21-6-9-23(10-7-21)34(38,39)40/h6-7,9-14,19-20,29,48H,2-5,8,15-18H2,1H3,(H,44,47). The third-order valence-electron chi connectivity index (χ3n) is 8.99. The lowest BCUT2D eigenvalue weighted by Crippen LogP contribution is -2.48. The summed E-state index contributed by atoms with van der Waals surface area (Å²) in [6, 6.07) is 10.9. The van der Waals surface area contributed by atoms with Crippen LogP contribution in [0.25, 0.3) is 0 Å². The number of rotatable bonds is 13. The highest BCUT2D eigenvalue weighted by molar-refractivity contribution is 6.07. The molecule has 5 rings (SSSR count). The lowest BCUT2D eigenvalue weighted by molar-refractivity contribution is -0.305. The molecule has 3 aromatic rings. The van der Waals surface area contributed by atoms with Crippen molar-refractivity contribution in [1.82, 2.24) is 10.2 Å². The lowest BCUT2D eigenvalue weighted by atomic mass is 9.87. The van der Waals surface area contributed by atoms with Crippen LogP contribution < -0.4 is 19.5 Å². The Morgan fingerprint density at radius 3 is 2.18 bits per heavy atom. The molecule has 0 radical (unpaired) electrons. The van der Waals surface area contributed by atoms with E-state index >= 15 is 0 Å². The van der Waals surface area contributed by atoms with E-state index in [0.717, 1.165) is 29.2 Å². The first-order valence-electron chi connectivity index (χ1n) is 16.0. The number of amides is 3. The van der Waals surface area contributed by atoms with Gasteiger partial charge >= 0.3 is 18.4 Å². The summed E-state index contributed by atoms with van der Waals surface area (Å²) >= 11 is 0. The summed E-state index contributed by atoms with van der Waals surface area (Å²) < 4.78 is 124. The second-order valence-corrected chi connectivity index (χ2v) is 12.1. The minimum Gasteiger partial charge on any atom is -0.493 e. The van der Waals surface area contributed by atoms with Crippen LogP contribution in [-0.4, -0.2) is 60.9 Å². The van der Waals surface area contributed by atoms with Gasteiger partial charge in [-0.3, -0.25) is 9.69 Å². The van der Waals surface area contributed by atoms with Gasteiger partial charge in [0.05, 0.1) is 12.2 Å². The molecule has 16 heteroatoms. The quantitative estimate of drug-likeness (QED) is 0.109. The fourth-order valence-corrected chi connectivity index (χ4v) is 6.04. The molecule has 2 atom stereocenters. The van der Waals surface area contributed by atoms with E-state index in [4.69, 9.17) is 14.2 Å². The van der Waals surface area contributed by atoms with Crippen LogP contribution in [0.3, 0.4) is 0 Å². The zero-order chi connectivity index (χ0) is 37.2. The summed E-state index contributed by atoms with van der Waals surface area (Å²) in [4.78, 5) is 27.6. The van der Waals surface area contributed by atoms with Gasteiger partial charge < -0.3 is 24.6 Å². The van der Waals surface area contributed by atoms with Crippen molar-refractivity contribution in [3.8, 4) is 17.2 Å². The van der Waals surface area contributed by atoms with Crippen molar-refractivity contribution in [2.24, 2.45) is 0 Å². The number of urea groups is 1. The molecule has 276 valence electrons. The van der Waals surface area contributed by atoms with E-state index in [9.17, 15) is 49.8 Å². The first-order valence-corrected chi connectivity index (χ1v) is 16.0. The summed E-state index contributed by atoms with van der Waals surface area (Å²) in [7, 11) is 0. The molecule has 2 aliphatic heterocycles. The third kappa shape index (κ3) is 7.55. The fraction of sp³-hybridized carbons (Fsp3) is 0.429. The number of unbranched alkanes of at least 4 members (excludes halogenated alkanes) is 1. The Morgan fingerprint density at radius 1 is 0.882 bits per heavy atom. The fourth-order valence-electron chi connectivity index (χ4n) is 6.04. The molecular formula is C35H34F8N2O6. The van der Waals surface area contributed by atoms with Gasteiger partial charge in [-0.25, -0.2) is 13.6 Å². The first-order chi connectivity index (χ1) is 24.0. The molecule has 0 bridgehead atoms. The largest absolute Gasteiger partial charge is 0.493 e. The maximum absolute atomic E-state index is 13.6. The number of benzene rings is 3. The van der Waals surface area contributed by atoms with E-state index in [1.54, 1.807) is 25.1 Å². The number of nitrogens with one attached hydrogen (secondary N) is 1. The SMILES string of the molecule is CCC1(c2ccc3c(c2)OCCO3)NC(=O)N(CCCCOc2ccc(C(O)(C(F)F)C(F)(F)F)cc2CCc2ccc(C(F)(F)F)cc2)C1=O. The number of halogens is 8. The van der Waals surface area contributed by atoms with Crippen LogP contribution in [0.15, 0.2) is 60.7 Å². The van der Waals surface area contributed by atoms with Gasteiger partial charge in [-0.15, -0.1) is 0 Å². The maximum atomic E-state index is 13.6. The highest BCUT2D eigenvalue weighted by atomic mass is 19.4. The molecule has 0 aliphatic carbocycles. The Balaban J connectivity index is 1.26. The summed E-state index contributed by atoms with van der Waals surface area (Å²) in [6.45, 7) is 2.42. The van der Waals surface area contributed by atoms with Crippen molar-refractivity contribution in [2.75, 3.05) is 26.4 Å². The van der Waals surface area contributed by atoms with Crippen LogP contribution in [0.5, 0.6) is 17.2 Å². The molecule has 0 saturated carbocycles. The maximum Gasteiger partial charge on any atom is 0.427 e. The van der Waals surface area contributed by atoms with Crippen molar-refractivity contribution in [2.45, 2.75) is 68.9 Å². The van der Waals surface area contributed by atoms with Gasteiger partial charge in [0.2, 0.25) is 5.60 Å². The summed E-state index contributed by atoms with van der Waals surface area (Å²) in [5, 5.41) is 12.9. The Bertz CT molecular complexity index is 1730. The highest BCUT2D eigenvalue weighted by Gasteiger charge is 2.61. The molecule has 0 aromatic heterocycles. The van der Waals surface area contributed by atoms with Crippen molar-refractivity contribution >= 4 is 11.9 Å². The van der Waals surface area contributed by atoms with Crippen molar-refractivity contribution in [1.29, 1.82) is 0 Å². The zero-order valence-electron chi connectivity index (χ0n) is 27.2. The molecule has 2 N–H and O–H groups in total. The van der Waals surface area contributed by atoms with E-state index in [1.807, 2.05) is 0 Å². The van der Waals surface area contributed by atoms with Crippen molar-refractivity contribution < 1.29 is 64.0 Å². The van der Waals surface area contributed by atoms with Crippen LogP contribution in [0.2, 0.25) is 0 Å². The summed E-state index contributed by atoms with van der Waals surface area (Å²) in [5.41, 5.74) is -6.94. The van der Waals surface area contributed by atoms with Crippen LogP contribution in [-0.2, 0) is 35.0 Å². The smallest absolute Gasteiger partial charge is 0.427 e. The first kappa shape index (κ1) is 37.7. The molecular weight excluding hydrogens is 696 g/mol. The Kier molecular flexibility index (Phi) is 10.7. The molecule has 2 unspecified atom stereocenters. The van der Waals surface area contributed by atoms with Gasteiger partial charge in [-0.1, -0.05) is 31.2 Å². The van der Waals surface area contributed by atoms with E-state index < -0.39 is 53.0 Å². The number of fused-ring (bicyclic) bond motifs is 1. The van der Waals surface area contributed by atoms with Crippen LogP contribution in [0.4, 0.5) is 39.9 Å². The molecule has 3 amide bonds. The number of hydrogen-bond acceptors (Lipinski definition) is 6. The summed E-state index contributed by atoms with van der Waals surface area (Å²) in [6.07, 6.45) is -13.9. The van der Waals surface area contributed by atoms with Crippen LogP contribution >= 0.6 is 0 Å². The lowest BCUT2D eigenvalue weighted by Gasteiger charge is -2.30. The van der Waals surface area contributed by atoms with Gasteiger partial charge in [-0.2, -0.15) is 26.3 Å². The molecule has 51 heavy (non-hydrogen) atoms. The van der Waals surface area contributed by atoms with E-state index in [2.05, 4.69) is 5.32 Å². The van der Waals surface area contributed by atoms with Gasteiger partial charge in [-0.05, 0) is 90.8 Å². The number of aliphatic hydroxyl groups is 1. The predicted molar refractivity (Wildman–Crippen MR) is 166 cm³/mol. The summed E-state index contributed by atoms with van der Waals surface area (Å²) in [5.74, 6) is 0.508. The highest BCUT2D eigenvalue weighted by Crippen LogP contribution is 2.45. The molecule has 0 spiro atoms. The number of aryl methyl sites for hydroxylation is 2. The molecule has 2 heterocycles. The average Bonchev–Trinajstić information content (AvgIpc) is 3.34. The predicted octanol–water partition coefficient (Wildman–Crippen LogP) is 7.29. The molecule has 2 aliphatic rings. The number of nitrogens with zero attached hydrogens (tertiary/aromatic N) is 1. The molecule has 1 fully saturated rings. The minimum absolute atomic E-state index is 0.00280.